The average Bonchev–Trinajstić information content (AvgIpc) is 3.08. The molecule has 1 atom stereocenters. The molecule has 0 spiro atoms. The normalized spacial score (nSPS) is 17.7. The van der Waals surface area contributed by atoms with E-state index in [4.69, 9.17) is 0 Å². The summed E-state index contributed by atoms with van der Waals surface area (Å²) in [6.07, 6.45) is 15.0. The van der Waals surface area contributed by atoms with Gasteiger partial charge in [0.25, 0.3) is 0 Å². The van der Waals surface area contributed by atoms with Crippen LogP contribution in [0, 0.1) is 0 Å². The van der Waals surface area contributed by atoms with Crippen LogP contribution in [0.25, 0.3) is 0 Å². The molecular weight excluding hydrogens is 248 g/mol. The third-order valence-corrected chi connectivity index (χ3v) is 4.45. The van der Waals surface area contributed by atoms with Gasteiger partial charge in [0.15, 0.2) is 0 Å². The number of unbranched alkanes of at least 4 members (excludes halogenated alkanes) is 4. The molecule has 1 unspecified atom stereocenters. The zero-order valence-corrected chi connectivity index (χ0v) is 12.9. The van der Waals surface area contributed by atoms with Gasteiger partial charge < -0.3 is 5.11 Å². The minimum atomic E-state index is -0.219. The number of rotatable bonds is 9. The molecule has 1 aromatic rings. The summed E-state index contributed by atoms with van der Waals surface area (Å²) < 4.78 is 2.12. The van der Waals surface area contributed by atoms with Crippen LogP contribution in [0.5, 0.6) is 0 Å². The predicted molar refractivity (Wildman–Crippen MR) is 82.8 cm³/mol. The highest BCUT2D eigenvalue weighted by atomic mass is 16.3. The Labute approximate surface area is 123 Å². The van der Waals surface area contributed by atoms with Crippen LogP contribution in [0.2, 0.25) is 0 Å². The van der Waals surface area contributed by atoms with E-state index < -0.39 is 0 Å². The van der Waals surface area contributed by atoms with Crippen molar-refractivity contribution in [2.75, 3.05) is 0 Å². The first-order valence-corrected chi connectivity index (χ1v) is 8.51. The third kappa shape index (κ3) is 4.93. The van der Waals surface area contributed by atoms with Crippen LogP contribution in [0.1, 0.15) is 82.9 Å². The molecule has 1 N–H and O–H groups in total. The van der Waals surface area contributed by atoms with Gasteiger partial charge in [-0.25, -0.2) is 0 Å². The van der Waals surface area contributed by atoms with Crippen LogP contribution < -0.4 is 0 Å². The van der Waals surface area contributed by atoms with E-state index >= 15 is 0 Å². The quantitative estimate of drug-likeness (QED) is 0.685. The van der Waals surface area contributed by atoms with Crippen molar-refractivity contribution in [2.24, 2.45) is 0 Å². The van der Waals surface area contributed by atoms with Crippen molar-refractivity contribution in [2.45, 2.75) is 89.7 Å². The summed E-state index contributed by atoms with van der Waals surface area (Å²) in [5, 5.41) is 14.7. The van der Waals surface area contributed by atoms with Crippen molar-refractivity contribution >= 4 is 0 Å². The minimum absolute atomic E-state index is 0.219. The van der Waals surface area contributed by atoms with Gasteiger partial charge in [-0.05, 0) is 25.3 Å². The Morgan fingerprint density at radius 1 is 1.25 bits per heavy atom. The molecule has 3 nitrogen and oxygen atoms in total. The Balaban J connectivity index is 1.67. The summed E-state index contributed by atoms with van der Waals surface area (Å²) in [6, 6.07) is 2.69. The highest BCUT2D eigenvalue weighted by molar-refractivity contribution is 5.01. The fourth-order valence-corrected chi connectivity index (χ4v) is 3.19. The lowest BCUT2D eigenvalue weighted by atomic mass is 10.1. The molecule has 0 aliphatic heterocycles. The largest absolute Gasteiger partial charge is 0.393 e. The van der Waals surface area contributed by atoms with E-state index in [9.17, 15) is 5.11 Å². The van der Waals surface area contributed by atoms with Crippen LogP contribution in [0.3, 0.4) is 0 Å². The highest BCUT2D eigenvalue weighted by Gasteiger charge is 2.18. The predicted octanol–water partition coefficient (Wildman–Crippen LogP) is 4.26. The van der Waals surface area contributed by atoms with Crippen LogP contribution in [0.15, 0.2) is 12.3 Å². The SMILES string of the molecule is CCCCCCCC(O)Cc1ccn(C2CCCC2)n1. The maximum Gasteiger partial charge on any atom is 0.0650 e. The lowest BCUT2D eigenvalue weighted by Crippen LogP contribution is -2.12. The molecule has 1 aliphatic carbocycles. The molecular formula is C17H30N2O. The van der Waals surface area contributed by atoms with E-state index in [1.54, 1.807) is 0 Å². The zero-order chi connectivity index (χ0) is 14.2. The topological polar surface area (TPSA) is 38.0 Å². The second-order valence-electron chi connectivity index (χ2n) is 6.29. The van der Waals surface area contributed by atoms with Crippen LogP contribution in [-0.2, 0) is 6.42 Å². The average molecular weight is 278 g/mol. The molecule has 1 aliphatic rings. The van der Waals surface area contributed by atoms with Crippen LogP contribution >= 0.6 is 0 Å². The summed E-state index contributed by atoms with van der Waals surface area (Å²) in [5.41, 5.74) is 1.05. The molecule has 1 heterocycles. The Kier molecular flexibility index (Phi) is 6.58. The van der Waals surface area contributed by atoms with E-state index in [1.165, 1.54) is 51.4 Å². The Morgan fingerprint density at radius 2 is 2.00 bits per heavy atom. The van der Waals surface area contributed by atoms with E-state index in [0.717, 1.165) is 18.5 Å². The van der Waals surface area contributed by atoms with E-state index in [2.05, 4.69) is 29.0 Å². The number of nitrogens with zero attached hydrogens (tertiary/aromatic N) is 2. The van der Waals surface area contributed by atoms with Gasteiger partial charge in [-0.3, -0.25) is 4.68 Å². The van der Waals surface area contributed by atoms with E-state index in [-0.39, 0.29) is 6.10 Å². The zero-order valence-electron chi connectivity index (χ0n) is 12.9. The standard InChI is InChI=1S/C17H30N2O/c1-2-3-4-5-6-11-17(20)14-15-12-13-19(18-15)16-9-7-8-10-16/h12-13,16-17,20H,2-11,14H2,1H3. The second-order valence-corrected chi connectivity index (χ2v) is 6.29. The first kappa shape index (κ1) is 15.6. The van der Waals surface area contributed by atoms with Crippen molar-refractivity contribution in [3.05, 3.63) is 18.0 Å². The van der Waals surface area contributed by atoms with Crippen molar-refractivity contribution in [1.82, 2.24) is 9.78 Å². The maximum absolute atomic E-state index is 10.1. The molecule has 3 heteroatoms. The van der Waals surface area contributed by atoms with Gasteiger partial charge in [-0.15, -0.1) is 0 Å². The van der Waals surface area contributed by atoms with Crippen molar-refractivity contribution < 1.29 is 5.11 Å². The van der Waals surface area contributed by atoms with Crippen molar-refractivity contribution in [3.8, 4) is 0 Å². The molecule has 2 rings (SSSR count). The molecule has 0 amide bonds. The summed E-state index contributed by atoms with van der Waals surface area (Å²) >= 11 is 0. The summed E-state index contributed by atoms with van der Waals surface area (Å²) in [6.45, 7) is 2.23. The molecule has 1 aromatic heterocycles. The monoisotopic (exact) mass is 278 g/mol. The number of aliphatic hydroxyl groups is 1. The van der Waals surface area contributed by atoms with Crippen LogP contribution in [-0.4, -0.2) is 21.0 Å². The Bertz CT molecular complexity index is 369. The minimum Gasteiger partial charge on any atom is -0.393 e. The van der Waals surface area contributed by atoms with Gasteiger partial charge in [-0.2, -0.15) is 5.10 Å². The van der Waals surface area contributed by atoms with Gasteiger partial charge in [0, 0.05) is 12.6 Å². The molecule has 0 aromatic carbocycles. The summed E-state index contributed by atoms with van der Waals surface area (Å²) in [5.74, 6) is 0. The first-order valence-electron chi connectivity index (χ1n) is 8.51. The summed E-state index contributed by atoms with van der Waals surface area (Å²) in [7, 11) is 0. The highest BCUT2D eigenvalue weighted by Crippen LogP contribution is 2.28. The number of aromatic nitrogens is 2. The molecule has 20 heavy (non-hydrogen) atoms. The smallest absolute Gasteiger partial charge is 0.0650 e. The van der Waals surface area contributed by atoms with Crippen LogP contribution in [0.4, 0.5) is 0 Å². The molecule has 1 saturated carbocycles. The van der Waals surface area contributed by atoms with Crippen molar-refractivity contribution in [1.29, 1.82) is 0 Å². The van der Waals surface area contributed by atoms with Gasteiger partial charge in [0.2, 0.25) is 0 Å². The number of aliphatic hydroxyl groups excluding tert-OH is 1. The van der Waals surface area contributed by atoms with Gasteiger partial charge in [0.1, 0.15) is 0 Å². The first-order chi connectivity index (χ1) is 9.79. The van der Waals surface area contributed by atoms with Gasteiger partial charge in [-0.1, -0.05) is 51.9 Å². The fourth-order valence-electron chi connectivity index (χ4n) is 3.19. The molecule has 0 saturated heterocycles. The fraction of sp³-hybridized carbons (Fsp3) is 0.824. The van der Waals surface area contributed by atoms with Crippen molar-refractivity contribution in [3.63, 3.8) is 0 Å². The lowest BCUT2D eigenvalue weighted by Gasteiger charge is -2.10. The molecule has 0 bridgehead atoms. The number of hydrogen-bond acceptors (Lipinski definition) is 2. The van der Waals surface area contributed by atoms with Gasteiger partial charge >= 0.3 is 0 Å². The second kappa shape index (κ2) is 8.46. The van der Waals surface area contributed by atoms with E-state index in [1.807, 2.05) is 0 Å². The third-order valence-electron chi connectivity index (χ3n) is 4.45. The molecule has 1 fully saturated rings. The Morgan fingerprint density at radius 3 is 2.75 bits per heavy atom. The van der Waals surface area contributed by atoms with Gasteiger partial charge in [0.05, 0.1) is 17.8 Å². The summed E-state index contributed by atoms with van der Waals surface area (Å²) in [4.78, 5) is 0. The lowest BCUT2D eigenvalue weighted by molar-refractivity contribution is 0.159. The maximum atomic E-state index is 10.1. The molecule has 114 valence electrons. The molecule has 0 radical (unpaired) electrons. The Hall–Kier alpha value is -0.830. The van der Waals surface area contributed by atoms with E-state index in [0.29, 0.717) is 12.5 Å². The number of hydrogen-bond donors (Lipinski definition) is 1.